The average Bonchev–Trinajstić information content (AvgIpc) is 3.28. The van der Waals surface area contributed by atoms with Crippen LogP contribution in [0.4, 0.5) is 0 Å². The second-order valence-electron chi connectivity index (χ2n) is 7.67. The summed E-state index contributed by atoms with van der Waals surface area (Å²) in [5, 5.41) is 0. The van der Waals surface area contributed by atoms with Crippen molar-refractivity contribution in [1.82, 2.24) is 0 Å². The van der Waals surface area contributed by atoms with Crippen LogP contribution in [-0.2, 0) is 0 Å². The third-order valence-electron chi connectivity index (χ3n) is 5.89. The molecule has 1 aliphatic rings. The smallest absolute Gasteiger partial charge is 0.0205 e. The van der Waals surface area contributed by atoms with Gasteiger partial charge in [0.15, 0.2) is 0 Å². The molecule has 1 aliphatic carbocycles. The third kappa shape index (κ3) is 6.71. The molecule has 0 radical (unpaired) electrons. The highest BCUT2D eigenvalue weighted by Gasteiger charge is 2.42. The van der Waals surface area contributed by atoms with Crippen molar-refractivity contribution in [2.45, 2.75) is 85.0 Å². The van der Waals surface area contributed by atoms with Crippen molar-refractivity contribution in [1.29, 1.82) is 0 Å². The van der Waals surface area contributed by atoms with Crippen molar-refractivity contribution >= 4 is 0 Å². The molecule has 0 aromatic rings. The first-order valence-electron chi connectivity index (χ1n) is 9.91. The molecule has 1 fully saturated rings. The summed E-state index contributed by atoms with van der Waals surface area (Å²) in [6, 6.07) is 0. The van der Waals surface area contributed by atoms with Crippen molar-refractivity contribution in [3.63, 3.8) is 0 Å². The lowest BCUT2D eigenvalue weighted by Crippen LogP contribution is -2.17. The van der Waals surface area contributed by atoms with Gasteiger partial charge in [-0.2, -0.15) is 0 Å². The number of hydrogen-bond donors (Lipinski definition) is 0. The summed E-state index contributed by atoms with van der Waals surface area (Å²) in [4.78, 5) is 0. The van der Waals surface area contributed by atoms with Crippen LogP contribution >= 0.6 is 0 Å². The molecule has 0 bridgehead atoms. The van der Waals surface area contributed by atoms with E-state index in [1.165, 1.54) is 64.2 Å². The summed E-state index contributed by atoms with van der Waals surface area (Å²) >= 11 is 0. The first-order chi connectivity index (χ1) is 10.7. The summed E-state index contributed by atoms with van der Waals surface area (Å²) < 4.78 is 0. The SMILES string of the molecule is C=CCCC(CCCCC)CC(C=C)C(C)C1CC1CCC. The third-order valence-corrected chi connectivity index (χ3v) is 5.89. The molecule has 0 heteroatoms. The Hall–Kier alpha value is -0.520. The standard InChI is InChI=1S/C22H40/c1-6-10-12-15-19(14-11-7-2)16-20(9-4)18(5)22-17-21(22)13-8-3/h7,9,18-22H,2,4,6,8,10-17H2,1,3,5H3. The van der Waals surface area contributed by atoms with Crippen molar-refractivity contribution in [3.05, 3.63) is 25.3 Å². The predicted octanol–water partition coefficient (Wildman–Crippen LogP) is 7.41. The molecular formula is C22H40. The highest BCUT2D eigenvalue weighted by molar-refractivity contribution is 4.96. The Kier molecular flexibility index (Phi) is 9.84. The minimum atomic E-state index is 0.725. The van der Waals surface area contributed by atoms with E-state index in [0.717, 1.165) is 29.6 Å². The molecule has 1 saturated carbocycles. The lowest BCUT2D eigenvalue weighted by Gasteiger charge is -2.26. The Balaban J connectivity index is 2.47. The van der Waals surface area contributed by atoms with Crippen LogP contribution in [0.2, 0.25) is 0 Å². The van der Waals surface area contributed by atoms with Gasteiger partial charge in [-0.25, -0.2) is 0 Å². The van der Waals surface area contributed by atoms with Gasteiger partial charge >= 0.3 is 0 Å². The molecule has 0 spiro atoms. The van der Waals surface area contributed by atoms with E-state index in [2.05, 4.69) is 46.1 Å². The Morgan fingerprint density at radius 1 is 1.09 bits per heavy atom. The summed E-state index contributed by atoms with van der Waals surface area (Å²) in [5.41, 5.74) is 0. The fourth-order valence-corrected chi connectivity index (χ4v) is 4.26. The van der Waals surface area contributed by atoms with Gasteiger partial charge in [0.25, 0.3) is 0 Å². The Bertz CT molecular complexity index is 303. The van der Waals surface area contributed by atoms with Crippen molar-refractivity contribution in [3.8, 4) is 0 Å². The van der Waals surface area contributed by atoms with E-state index in [0.29, 0.717) is 0 Å². The van der Waals surface area contributed by atoms with Crippen molar-refractivity contribution < 1.29 is 0 Å². The minimum Gasteiger partial charge on any atom is -0.103 e. The van der Waals surface area contributed by atoms with Crippen LogP contribution in [0.15, 0.2) is 25.3 Å². The second-order valence-corrected chi connectivity index (χ2v) is 7.67. The zero-order valence-electron chi connectivity index (χ0n) is 15.5. The van der Waals surface area contributed by atoms with Crippen molar-refractivity contribution in [2.75, 3.05) is 0 Å². The molecule has 5 unspecified atom stereocenters. The predicted molar refractivity (Wildman–Crippen MR) is 101 cm³/mol. The second kappa shape index (κ2) is 11.1. The lowest BCUT2D eigenvalue weighted by molar-refractivity contribution is 0.275. The number of hydrogen-bond acceptors (Lipinski definition) is 0. The number of unbranched alkanes of at least 4 members (excludes halogenated alkanes) is 2. The summed E-state index contributed by atoms with van der Waals surface area (Å²) in [7, 11) is 0. The molecule has 0 aliphatic heterocycles. The van der Waals surface area contributed by atoms with Crippen LogP contribution in [0.3, 0.4) is 0 Å². The molecule has 0 nitrogen and oxygen atoms in total. The zero-order chi connectivity index (χ0) is 16.4. The van der Waals surface area contributed by atoms with Gasteiger partial charge in [-0.15, -0.1) is 13.2 Å². The highest BCUT2D eigenvalue weighted by Crippen LogP contribution is 2.50. The van der Waals surface area contributed by atoms with Gasteiger partial charge in [-0.05, 0) is 55.3 Å². The number of rotatable bonds is 14. The quantitative estimate of drug-likeness (QED) is 0.231. The fraction of sp³-hybridized carbons (Fsp3) is 0.818. The van der Waals surface area contributed by atoms with E-state index in [9.17, 15) is 0 Å². The summed E-state index contributed by atoms with van der Waals surface area (Å²) in [6.07, 6.45) is 18.0. The molecule has 5 atom stereocenters. The Morgan fingerprint density at radius 2 is 1.86 bits per heavy atom. The average molecular weight is 305 g/mol. The molecule has 0 saturated heterocycles. The van der Waals surface area contributed by atoms with Crippen LogP contribution in [0.5, 0.6) is 0 Å². The van der Waals surface area contributed by atoms with E-state index in [1.807, 2.05) is 0 Å². The fourth-order valence-electron chi connectivity index (χ4n) is 4.26. The molecule has 0 heterocycles. The monoisotopic (exact) mass is 304 g/mol. The van der Waals surface area contributed by atoms with Gasteiger partial charge < -0.3 is 0 Å². The van der Waals surface area contributed by atoms with E-state index in [1.54, 1.807) is 0 Å². The first kappa shape index (κ1) is 19.5. The summed E-state index contributed by atoms with van der Waals surface area (Å²) in [5.74, 6) is 4.45. The van der Waals surface area contributed by atoms with E-state index >= 15 is 0 Å². The van der Waals surface area contributed by atoms with Gasteiger partial charge in [-0.1, -0.05) is 71.4 Å². The lowest BCUT2D eigenvalue weighted by atomic mass is 9.79. The van der Waals surface area contributed by atoms with Crippen LogP contribution in [0.1, 0.15) is 85.0 Å². The molecule has 1 rings (SSSR count). The molecule has 0 amide bonds. The Labute approximate surface area is 140 Å². The normalized spacial score (nSPS) is 24.5. The van der Waals surface area contributed by atoms with Crippen LogP contribution < -0.4 is 0 Å². The maximum absolute atomic E-state index is 4.17. The largest absolute Gasteiger partial charge is 0.103 e. The molecule has 22 heavy (non-hydrogen) atoms. The van der Waals surface area contributed by atoms with Gasteiger partial charge in [0, 0.05) is 0 Å². The summed E-state index contributed by atoms with van der Waals surface area (Å²) in [6.45, 7) is 15.2. The van der Waals surface area contributed by atoms with Gasteiger partial charge in [-0.3, -0.25) is 0 Å². The van der Waals surface area contributed by atoms with Crippen LogP contribution in [0, 0.1) is 29.6 Å². The van der Waals surface area contributed by atoms with Crippen LogP contribution in [-0.4, -0.2) is 0 Å². The Morgan fingerprint density at radius 3 is 2.45 bits per heavy atom. The van der Waals surface area contributed by atoms with Gasteiger partial charge in [0.1, 0.15) is 0 Å². The van der Waals surface area contributed by atoms with Crippen LogP contribution in [0.25, 0.3) is 0 Å². The van der Waals surface area contributed by atoms with E-state index < -0.39 is 0 Å². The maximum atomic E-state index is 4.17. The topological polar surface area (TPSA) is 0 Å². The van der Waals surface area contributed by atoms with Gasteiger partial charge in [0.05, 0.1) is 0 Å². The first-order valence-corrected chi connectivity index (χ1v) is 9.91. The van der Waals surface area contributed by atoms with E-state index in [4.69, 9.17) is 0 Å². The molecule has 0 aromatic heterocycles. The van der Waals surface area contributed by atoms with Gasteiger partial charge in [0.2, 0.25) is 0 Å². The minimum absolute atomic E-state index is 0.725. The van der Waals surface area contributed by atoms with E-state index in [-0.39, 0.29) is 0 Å². The maximum Gasteiger partial charge on any atom is -0.0205 e. The molecular weight excluding hydrogens is 264 g/mol. The molecule has 0 aromatic carbocycles. The number of allylic oxidation sites excluding steroid dienone is 2. The highest BCUT2D eigenvalue weighted by atomic mass is 14.5. The molecule has 128 valence electrons. The van der Waals surface area contributed by atoms with Crippen molar-refractivity contribution in [2.24, 2.45) is 29.6 Å². The molecule has 0 N–H and O–H groups in total. The zero-order valence-corrected chi connectivity index (χ0v) is 15.5.